The summed E-state index contributed by atoms with van der Waals surface area (Å²) >= 11 is 0. The monoisotopic (exact) mass is 392 g/mol. The molecule has 10 nitrogen and oxygen atoms in total. The Kier molecular flexibility index (Phi) is 6.76. The molecular weight excluding hydrogens is 372 g/mol. The number of urea groups is 2. The Morgan fingerprint density at radius 2 is 1.68 bits per heavy atom. The van der Waals surface area contributed by atoms with E-state index in [0.29, 0.717) is 12.8 Å². The predicted octanol–water partition coefficient (Wildman–Crippen LogP) is 0.409. The summed E-state index contributed by atoms with van der Waals surface area (Å²) in [5, 5.41) is 2.19. The highest BCUT2D eigenvalue weighted by Crippen LogP contribution is 2.19. The number of carbonyl (C=O) groups is 2. The molecule has 0 saturated carbocycles. The van der Waals surface area contributed by atoms with E-state index in [2.05, 4.69) is 5.32 Å². The van der Waals surface area contributed by atoms with Gasteiger partial charge in [-0.2, -0.15) is 16.8 Å². The first kappa shape index (κ1) is 20.7. The standard InChI is InChI=1S/C13H20N4O6S2/c1-3-4-9-15-13(19)17(25(22,23)16-12(14)18)24(20,21)11-7-5-10(2)6-8-11/h5-8H,3-4,9H2,1-2H3,(H,15,19)(H3,14,16,18). The van der Waals surface area contributed by atoms with Crippen LogP contribution >= 0.6 is 0 Å². The summed E-state index contributed by atoms with van der Waals surface area (Å²) in [5.74, 6) is 0. The van der Waals surface area contributed by atoms with Gasteiger partial charge in [-0.15, -0.1) is 0 Å². The zero-order valence-corrected chi connectivity index (χ0v) is 15.4. The van der Waals surface area contributed by atoms with E-state index in [1.165, 1.54) is 16.9 Å². The van der Waals surface area contributed by atoms with Gasteiger partial charge in [-0.3, -0.25) is 0 Å². The third kappa shape index (κ3) is 5.32. The molecule has 0 aliphatic rings. The average Bonchev–Trinajstić information content (AvgIpc) is 2.45. The van der Waals surface area contributed by atoms with E-state index in [0.717, 1.165) is 17.7 Å². The molecule has 0 aliphatic heterocycles. The first-order valence-electron chi connectivity index (χ1n) is 7.24. The highest BCUT2D eigenvalue weighted by atomic mass is 32.3. The molecule has 1 rings (SSSR count). The Morgan fingerprint density at radius 1 is 1.12 bits per heavy atom. The quantitative estimate of drug-likeness (QED) is 0.571. The van der Waals surface area contributed by atoms with Crippen LogP contribution in [0.15, 0.2) is 29.2 Å². The van der Waals surface area contributed by atoms with E-state index in [4.69, 9.17) is 5.73 Å². The first-order valence-corrected chi connectivity index (χ1v) is 10.1. The molecule has 0 fully saturated rings. The number of rotatable bonds is 7. The van der Waals surface area contributed by atoms with E-state index in [-0.39, 0.29) is 6.54 Å². The fourth-order valence-corrected chi connectivity index (χ4v) is 4.74. The topological polar surface area (TPSA) is 156 Å². The molecule has 0 aliphatic carbocycles. The lowest BCUT2D eigenvalue weighted by Crippen LogP contribution is -2.53. The molecular formula is C13H20N4O6S2. The number of amides is 4. The molecule has 1 aromatic carbocycles. The maximum absolute atomic E-state index is 12.6. The Bertz CT molecular complexity index is 834. The minimum atomic E-state index is -5.07. The van der Waals surface area contributed by atoms with Crippen molar-refractivity contribution < 1.29 is 26.4 Å². The van der Waals surface area contributed by atoms with Crippen molar-refractivity contribution in [3.8, 4) is 0 Å². The molecule has 25 heavy (non-hydrogen) atoms. The number of nitrogens with zero attached hydrogens (tertiary/aromatic N) is 1. The van der Waals surface area contributed by atoms with Crippen LogP contribution in [0, 0.1) is 6.92 Å². The van der Waals surface area contributed by atoms with Crippen LogP contribution in [-0.4, -0.2) is 39.2 Å². The number of benzene rings is 1. The Balaban J connectivity index is 3.36. The third-order valence-corrected chi connectivity index (χ3v) is 6.67. The molecule has 1 aromatic rings. The highest BCUT2D eigenvalue weighted by molar-refractivity contribution is 8.04. The number of primary amides is 1. The molecule has 0 radical (unpaired) electrons. The van der Waals surface area contributed by atoms with E-state index >= 15 is 0 Å². The van der Waals surface area contributed by atoms with Crippen LogP contribution in [-0.2, 0) is 20.2 Å². The zero-order valence-electron chi connectivity index (χ0n) is 13.7. The summed E-state index contributed by atoms with van der Waals surface area (Å²) in [6.07, 6.45) is 1.20. The molecule has 140 valence electrons. The van der Waals surface area contributed by atoms with Crippen LogP contribution in [0.4, 0.5) is 9.59 Å². The van der Waals surface area contributed by atoms with Crippen molar-refractivity contribution in [1.82, 2.24) is 13.7 Å². The molecule has 0 bridgehead atoms. The Morgan fingerprint density at radius 3 is 2.16 bits per heavy atom. The summed E-state index contributed by atoms with van der Waals surface area (Å²) in [5.41, 5.74) is 5.49. The minimum Gasteiger partial charge on any atom is -0.351 e. The van der Waals surface area contributed by atoms with Gasteiger partial charge in [0.25, 0.3) is 10.0 Å². The summed E-state index contributed by atoms with van der Waals surface area (Å²) in [7, 11) is -9.86. The second kappa shape index (κ2) is 8.16. The van der Waals surface area contributed by atoms with Crippen LogP contribution in [0.25, 0.3) is 0 Å². The van der Waals surface area contributed by atoms with Crippen LogP contribution in [0.2, 0.25) is 0 Å². The van der Waals surface area contributed by atoms with Gasteiger partial charge in [-0.1, -0.05) is 34.8 Å². The molecule has 0 atom stereocenters. The van der Waals surface area contributed by atoms with Crippen molar-refractivity contribution >= 4 is 32.3 Å². The number of nitrogens with two attached hydrogens (primary N) is 1. The number of carbonyl (C=O) groups excluding carboxylic acids is 2. The summed E-state index contributed by atoms with van der Waals surface area (Å²) in [6, 6.07) is 2.24. The van der Waals surface area contributed by atoms with E-state index in [1.54, 1.807) is 6.92 Å². The predicted molar refractivity (Wildman–Crippen MR) is 90.1 cm³/mol. The normalized spacial score (nSPS) is 11.6. The molecule has 0 heterocycles. The van der Waals surface area contributed by atoms with Gasteiger partial charge >= 0.3 is 22.3 Å². The Labute approximate surface area is 146 Å². The fourth-order valence-electron chi connectivity index (χ4n) is 1.76. The number of aryl methyl sites for hydroxylation is 1. The van der Waals surface area contributed by atoms with Crippen molar-refractivity contribution in [2.75, 3.05) is 6.54 Å². The summed E-state index contributed by atoms with van der Waals surface area (Å²) < 4.78 is 50.5. The number of unbranched alkanes of at least 4 members (excludes halogenated alkanes) is 1. The lowest BCUT2D eigenvalue weighted by molar-refractivity contribution is 0.235. The molecule has 0 saturated heterocycles. The van der Waals surface area contributed by atoms with Crippen LogP contribution in [0.3, 0.4) is 0 Å². The first-order chi connectivity index (χ1) is 11.5. The van der Waals surface area contributed by atoms with Gasteiger partial charge in [0.05, 0.1) is 4.90 Å². The van der Waals surface area contributed by atoms with E-state index < -0.39 is 40.9 Å². The summed E-state index contributed by atoms with van der Waals surface area (Å²) in [6.45, 7) is 3.59. The van der Waals surface area contributed by atoms with Crippen molar-refractivity contribution in [2.24, 2.45) is 5.73 Å². The number of hydrogen-bond acceptors (Lipinski definition) is 6. The fraction of sp³-hybridized carbons (Fsp3) is 0.385. The van der Waals surface area contributed by atoms with Crippen molar-refractivity contribution in [1.29, 1.82) is 0 Å². The van der Waals surface area contributed by atoms with Crippen LogP contribution in [0.1, 0.15) is 25.3 Å². The van der Waals surface area contributed by atoms with Crippen LogP contribution < -0.4 is 15.8 Å². The van der Waals surface area contributed by atoms with E-state index in [1.807, 2.05) is 6.92 Å². The second-order valence-corrected chi connectivity index (χ2v) is 8.61. The molecule has 4 N–H and O–H groups in total. The molecule has 0 unspecified atom stereocenters. The number of hydrogen-bond donors (Lipinski definition) is 3. The lowest BCUT2D eigenvalue weighted by atomic mass is 10.2. The lowest BCUT2D eigenvalue weighted by Gasteiger charge is -2.22. The Hall–Kier alpha value is -2.34. The van der Waals surface area contributed by atoms with Gasteiger partial charge in [0, 0.05) is 6.54 Å². The molecule has 0 spiro atoms. The van der Waals surface area contributed by atoms with E-state index in [9.17, 15) is 26.4 Å². The molecule has 4 amide bonds. The van der Waals surface area contributed by atoms with Gasteiger partial charge in [0.15, 0.2) is 0 Å². The van der Waals surface area contributed by atoms with Gasteiger partial charge < -0.3 is 11.1 Å². The maximum atomic E-state index is 12.6. The number of sulfonamides is 1. The highest BCUT2D eigenvalue weighted by Gasteiger charge is 2.40. The summed E-state index contributed by atoms with van der Waals surface area (Å²) in [4.78, 5) is 22.7. The van der Waals surface area contributed by atoms with Gasteiger partial charge in [-0.25, -0.2) is 14.3 Å². The van der Waals surface area contributed by atoms with Gasteiger partial charge in [-0.05, 0) is 25.5 Å². The van der Waals surface area contributed by atoms with Crippen molar-refractivity contribution in [3.63, 3.8) is 0 Å². The van der Waals surface area contributed by atoms with Crippen molar-refractivity contribution in [3.05, 3.63) is 29.8 Å². The van der Waals surface area contributed by atoms with Crippen LogP contribution in [0.5, 0.6) is 0 Å². The second-order valence-electron chi connectivity index (χ2n) is 5.07. The maximum Gasteiger partial charge on any atom is 0.347 e. The van der Waals surface area contributed by atoms with Gasteiger partial charge in [0.1, 0.15) is 0 Å². The minimum absolute atomic E-state index is 0.0569. The largest absolute Gasteiger partial charge is 0.351 e. The van der Waals surface area contributed by atoms with Gasteiger partial charge in [0.2, 0.25) is 0 Å². The third-order valence-electron chi connectivity index (χ3n) is 2.96. The molecule has 0 aromatic heterocycles. The smallest absolute Gasteiger partial charge is 0.347 e. The number of nitrogens with one attached hydrogen (secondary N) is 2. The molecule has 12 heteroatoms. The van der Waals surface area contributed by atoms with Crippen molar-refractivity contribution in [2.45, 2.75) is 31.6 Å². The average molecular weight is 392 g/mol. The SMILES string of the molecule is CCCCNC(=O)N(S(=O)(=O)NC(N)=O)S(=O)(=O)c1ccc(C)cc1. The zero-order chi connectivity index (χ0) is 19.3.